The third-order valence-electron chi connectivity index (χ3n) is 6.75. The average molecular weight is 537 g/mol. The normalized spacial score (nSPS) is 14.9. The Kier molecular flexibility index (Phi) is 9.72. The molecule has 0 aromatic heterocycles. The molecule has 39 heavy (non-hydrogen) atoms. The molecule has 2 aromatic rings. The third kappa shape index (κ3) is 8.05. The molecule has 1 fully saturated rings. The number of nitrogens with one attached hydrogen (secondary N) is 2. The quantitative estimate of drug-likeness (QED) is 0.415. The molecular weight excluding hydrogens is 496 g/mol. The molecule has 1 saturated carbocycles. The highest BCUT2D eigenvalue weighted by atomic mass is 16.6. The van der Waals surface area contributed by atoms with Gasteiger partial charge in [0.1, 0.15) is 17.7 Å². The number of amides is 4. The number of primary amides is 1. The summed E-state index contributed by atoms with van der Waals surface area (Å²) in [6.07, 6.45) is 1.85. The van der Waals surface area contributed by atoms with Gasteiger partial charge in [0.15, 0.2) is 0 Å². The first kappa shape index (κ1) is 29.7. The van der Waals surface area contributed by atoms with Crippen molar-refractivity contribution in [3.8, 4) is 0 Å². The Morgan fingerprint density at radius 1 is 1.05 bits per heavy atom. The number of alkyl carbamates (subject to hydrolysis) is 1. The SMILES string of the molecule is CCc1ccc(C(C(=O)Nc2ccccc2C)N(C(=O)C(CC(N)=O)NC(=O)OC(C)(C)C)C2CCC2)cc1. The lowest BCUT2D eigenvalue weighted by Gasteiger charge is -2.43. The van der Waals surface area contributed by atoms with Crippen molar-refractivity contribution < 1.29 is 23.9 Å². The number of ether oxygens (including phenoxy) is 1. The van der Waals surface area contributed by atoms with E-state index in [4.69, 9.17) is 10.5 Å². The van der Waals surface area contributed by atoms with E-state index in [1.165, 1.54) is 4.90 Å². The van der Waals surface area contributed by atoms with Gasteiger partial charge in [-0.1, -0.05) is 49.4 Å². The highest BCUT2D eigenvalue weighted by Gasteiger charge is 2.42. The highest BCUT2D eigenvalue weighted by molar-refractivity contribution is 6.00. The minimum absolute atomic E-state index is 0.244. The van der Waals surface area contributed by atoms with Crippen LogP contribution in [-0.2, 0) is 25.5 Å². The molecule has 1 aliphatic carbocycles. The Bertz CT molecular complexity index is 1180. The Morgan fingerprint density at radius 2 is 1.69 bits per heavy atom. The summed E-state index contributed by atoms with van der Waals surface area (Å²) in [5.41, 5.74) is 7.91. The van der Waals surface area contributed by atoms with E-state index in [0.717, 1.165) is 24.0 Å². The van der Waals surface area contributed by atoms with Gasteiger partial charge in [-0.3, -0.25) is 14.4 Å². The maximum absolute atomic E-state index is 14.1. The molecule has 2 unspecified atom stereocenters. The molecule has 0 radical (unpaired) electrons. The van der Waals surface area contributed by atoms with Gasteiger partial charge in [-0.2, -0.15) is 0 Å². The molecule has 0 spiro atoms. The maximum Gasteiger partial charge on any atom is 0.408 e. The maximum atomic E-state index is 14.1. The van der Waals surface area contributed by atoms with E-state index >= 15 is 0 Å². The van der Waals surface area contributed by atoms with Gasteiger partial charge < -0.3 is 26.0 Å². The zero-order valence-electron chi connectivity index (χ0n) is 23.5. The van der Waals surface area contributed by atoms with E-state index in [1.54, 1.807) is 26.8 Å². The van der Waals surface area contributed by atoms with E-state index in [9.17, 15) is 19.2 Å². The fraction of sp³-hybridized carbons (Fsp3) is 0.467. The van der Waals surface area contributed by atoms with Crippen LogP contribution in [0.5, 0.6) is 0 Å². The molecule has 0 bridgehead atoms. The second-order valence-corrected chi connectivity index (χ2v) is 11.0. The number of carbonyl (C=O) groups is 4. The van der Waals surface area contributed by atoms with E-state index in [1.807, 2.05) is 56.3 Å². The molecule has 9 nitrogen and oxygen atoms in total. The number of nitrogens with two attached hydrogens (primary N) is 1. The summed E-state index contributed by atoms with van der Waals surface area (Å²) >= 11 is 0. The molecule has 4 N–H and O–H groups in total. The summed E-state index contributed by atoms with van der Waals surface area (Å²) in [5, 5.41) is 5.52. The zero-order chi connectivity index (χ0) is 28.7. The standard InChI is InChI=1S/C30H40N4O5/c1-6-20-14-16-21(17-15-20)26(27(36)32-23-13-8-7-10-19(23)2)34(22-11-9-12-22)28(37)24(18-25(31)35)33-29(38)39-30(3,4)5/h7-8,10,13-17,22,24,26H,6,9,11-12,18H2,1-5H3,(H2,31,35)(H,32,36)(H,33,38). The van der Waals surface area contributed by atoms with E-state index < -0.39 is 42.0 Å². The molecule has 4 amide bonds. The lowest BCUT2D eigenvalue weighted by molar-refractivity contribution is -0.146. The fourth-order valence-electron chi connectivity index (χ4n) is 4.50. The van der Waals surface area contributed by atoms with Crippen LogP contribution in [0.15, 0.2) is 48.5 Å². The van der Waals surface area contributed by atoms with Gasteiger partial charge >= 0.3 is 6.09 Å². The van der Waals surface area contributed by atoms with Crippen LogP contribution in [0.1, 0.15) is 76.1 Å². The summed E-state index contributed by atoms with van der Waals surface area (Å²) in [6.45, 7) is 9.03. The number of para-hydroxylation sites is 1. The van der Waals surface area contributed by atoms with Crippen LogP contribution in [0.25, 0.3) is 0 Å². The lowest BCUT2D eigenvalue weighted by atomic mass is 9.87. The number of anilines is 1. The monoisotopic (exact) mass is 536 g/mol. The molecule has 0 aliphatic heterocycles. The number of benzene rings is 2. The molecule has 9 heteroatoms. The second-order valence-electron chi connectivity index (χ2n) is 11.0. The molecule has 1 aliphatic rings. The van der Waals surface area contributed by atoms with Crippen molar-refractivity contribution in [1.29, 1.82) is 0 Å². The topological polar surface area (TPSA) is 131 Å². The van der Waals surface area contributed by atoms with Crippen LogP contribution in [0.3, 0.4) is 0 Å². The molecule has 0 saturated heterocycles. The summed E-state index contributed by atoms with van der Waals surface area (Å²) < 4.78 is 5.34. The first-order valence-corrected chi connectivity index (χ1v) is 13.4. The second kappa shape index (κ2) is 12.8. The zero-order valence-corrected chi connectivity index (χ0v) is 23.5. The van der Waals surface area contributed by atoms with Gasteiger partial charge in [-0.15, -0.1) is 0 Å². The van der Waals surface area contributed by atoms with E-state index in [-0.39, 0.29) is 11.9 Å². The minimum Gasteiger partial charge on any atom is -0.444 e. The number of nitrogens with zero attached hydrogens (tertiary/aromatic N) is 1. The van der Waals surface area contributed by atoms with Crippen LogP contribution in [-0.4, -0.2) is 46.4 Å². The summed E-state index contributed by atoms with van der Waals surface area (Å²) in [7, 11) is 0. The number of rotatable bonds is 10. The summed E-state index contributed by atoms with van der Waals surface area (Å²) in [4.78, 5) is 54.2. The number of aryl methyl sites for hydroxylation is 2. The summed E-state index contributed by atoms with van der Waals surface area (Å²) in [6, 6.07) is 12.5. The van der Waals surface area contributed by atoms with Crippen molar-refractivity contribution in [2.24, 2.45) is 5.73 Å². The van der Waals surface area contributed by atoms with Gasteiger partial charge in [-0.25, -0.2) is 4.79 Å². The predicted octanol–water partition coefficient (Wildman–Crippen LogP) is 4.39. The van der Waals surface area contributed by atoms with Crippen molar-refractivity contribution in [2.75, 3.05) is 5.32 Å². The van der Waals surface area contributed by atoms with Gasteiger partial charge in [0.2, 0.25) is 11.8 Å². The predicted molar refractivity (Wildman–Crippen MR) is 150 cm³/mol. The highest BCUT2D eigenvalue weighted by Crippen LogP contribution is 2.35. The molecular formula is C30H40N4O5. The van der Waals surface area contributed by atoms with Crippen LogP contribution >= 0.6 is 0 Å². The number of carbonyl (C=O) groups excluding carboxylic acids is 4. The Labute approximate surface area is 230 Å². The third-order valence-corrected chi connectivity index (χ3v) is 6.75. The number of hydrogen-bond acceptors (Lipinski definition) is 5. The van der Waals surface area contributed by atoms with Crippen molar-refractivity contribution in [1.82, 2.24) is 10.2 Å². The first-order chi connectivity index (χ1) is 18.4. The van der Waals surface area contributed by atoms with E-state index in [0.29, 0.717) is 24.1 Å². The number of hydrogen-bond donors (Lipinski definition) is 3. The average Bonchev–Trinajstić information content (AvgIpc) is 2.82. The van der Waals surface area contributed by atoms with Crippen molar-refractivity contribution in [3.63, 3.8) is 0 Å². The fourth-order valence-corrected chi connectivity index (χ4v) is 4.50. The molecule has 0 heterocycles. The van der Waals surface area contributed by atoms with Crippen molar-refractivity contribution in [2.45, 2.75) is 90.4 Å². The Balaban J connectivity index is 2.04. The van der Waals surface area contributed by atoms with Gasteiger partial charge in [0.05, 0.1) is 6.42 Å². The molecule has 3 rings (SSSR count). The van der Waals surface area contributed by atoms with Crippen LogP contribution in [0.4, 0.5) is 10.5 Å². The summed E-state index contributed by atoms with van der Waals surface area (Å²) in [5.74, 6) is -1.70. The first-order valence-electron chi connectivity index (χ1n) is 13.4. The van der Waals surface area contributed by atoms with Crippen molar-refractivity contribution in [3.05, 3.63) is 65.2 Å². The minimum atomic E-state index is -1.29. The van der Waals surface area contributed by atoms with E-state index in [2.05, 4.69) is 10.6 Å². The smallest absolute Gasteiger partial charge is 0.408 e. The van der Waals surface area contributed by atoms with Gasteiger partial charge in [-0.05, 0) is 76.1 Å². The molecule has 2 atom stereocenters. The van der Waals surface area contributed by atoms with Crippen LogP contribution < -0.4 is 16.4 Å². The van der Waals surface area contributed by atoms with Crippen LogP contribution in [0, 0.1) is 6.92 Å². The molecule has 210 valence electrons. The Morgan fingerprint density at radius 3 is 2.21 bits per heavy atom. The van der Waals surface area contributed by atoms with Gasteiger partial charge in [0.25, 0.3) is 5.91 Å². The van der Waals surface area contributed by atoms with Gasteiger partial charge in [0, 0.05) is 11.7 Å². The largest absolute Gasteiger partial charge is 0.444 e. The Hall–Kier alpha value is -3.88. The van der Waals surface area contributed by atoms with Crippen LogP contribution in [0.2, 0.25) is 0 Å². The lowest BCUT2D eigenvalue weighted by Crippen LogP contribution is -2.57. The molecule has 2 aromatic carbocycles. The van der Waals surface area contributed by atoms with Crippen molar-refractivity contribution >= 4 is 29.5 Å².